The molecule has 1 rings (SSSR count). The van der Waals surface area contributed by atoms with Gasteiger partial charge in [0.05, 0.1) is 5.41 Å². The van der Waals surface area contributed by atoms with Crippen molar-refractivity contribution in [3.8, 4) is 0 Å². The summed E-state index contributed by atoms with van der Waals surface area (Å²) < 4.78 is 0. The fraction of sp³-hybridized carbons (Fsp3) is 0.800. The number of carboxylic acid groups (broad SMARTS) is 1. The van der Waals surface area contributed by atoms with Crippen molar-refractivity contribution in [2.24, 2.45) is 5.41 Å². The van der Waals surface area contributed by atoms with Crippen LogP contribution in [0.25, 0.3) is 0 Å². The van der Waals surface area contributed by atoms with Crippen LogP contribution in [0, 0.1) is 5.41 Å². The van der Waals surface area contributed by atoms with Gasteiger partial charge < -0.3 is 10.0 Å². The van der Waals surface area contributed by atoms with Gasteiger partial charge in [0.1, 0.15) is 0 Å². The van der Waals surface area contributed by atoms with Crippen molar-refractivity contribution in [1.82, 2.24) is 4.90 Å². The van der Waals surface area contributed by atoms with Crippen LogP contribution in [0.3, 0.4) is 0 Å². The lowest BCUT2D eigenvalue weighted by atomic mass is 9.75. The summed E-state index contributed by atoms with van der Waals surface area (Å²) in [6.45, 7) is 3.16. The highest BCUT2D eigenvalue weighted by molar-refractivity contribution is 5.75. The monoisotopic (exact) mass is 199 g/mol. The van der Waals surface area contributed by atoms with Crippen LogP contribution in [-0.4, -0.2) is 35.5 Å². The van der Waals surface area contributed by atoms with E-state index in [0.29, 0.717) is 25.9 Å². The van der Waals surface area contributed by atoms with Gasteiger partial charge in [0, 0.05) is 13.1 Å². The van der Waals surface area contributed by atoms with E-state index in [1.807, 2.05) is 6.92 Å². The molecule has 1 saturated heterocycles. The summed E-state index contributed by atoms with van der Waals surface area (Å²) >= 11 is 0. The van der Waals surface area contributed by atoms with E-state index in [1.165, 1.54) is 0 Å². The van der Waals surface area contributed by atoms with Crippen molar-refractivity contribution in [3.05, 3.63) is 0 Å². The van der Waals surface area contributed by atoms with Crippen molar-refractivity contribution >= 4 is 12.4 Å². The zero-order valence-corrected chi connectivity index (χ0v) is 8.53. The van der Waals surface area contributed by atoms with Gasteiger partial charge in [0.25, 0.3) is 0 Å². The Kier molecular flexibility index (Phi) is 3.49. The summed E-state index contributed by atoms with van der Waals surface area (Å²) in [7, 11) is 0. The molecule has 1 heterocycles. The Morgan fingerprint density at radius 1 is 1.50 bits per heavy atom. The Morgan fingerprint density at radius 3 is 2.43 bits per heavy atom. The molecule has 1 aliphatic rings. The zero-order valence-electron chi connectivity index (χ0n) is 8.53. The highest BCUT2D eigenvalue weighted by Crippen LogP contribution is 2.35. The molecule has 0 radical (unpaired) electrons. The molecule has 1 aliphatic heterocycles. The molecule has 4 heteroatoms. The number of nitrogens with zero attached hydrogens (tertiary/aromatic N) is 1. The van der Waals surface area contributed by atoms with Crippen LogP contribution in [0.15, 0.2) is 0 Å². The number of aliphatic carboxylic acids is 1. The Labute approximate surface area is 83.9 Å². The lowest BCUT2D eigenvalue weighted by Crippen LogP contribution is -2.43. The molecule has 1 N–H and O–H groups in total. The smallest absolute Gasteiger partial charge is 0.309 e. The summed E-state index contributed by atoms with van der Waals surface area (Å²) in [5.41, 5.74) is -0.575. The molecular formula is C10H17NO3. The van der Waals surface area contributed by atoms with Crippen LogP contribution in [0.2, 0.25) is 0 Å². The number of carbonyl (C=O) groups excluding carboxylic acids is 1. The van der Waals surface area contributed by atoms with E-state index < -0.39 is 11.4 Å². The van der Waals surface area contributed by atoms with E-state index >= 15 is 0 Å². The third-order valence-corrected chi connectivity index (χ3v) is 3.09. The number of likely N-dealkylation sites (tertiary alicyclic amines) is 1. The minimum atomic E-state index is -0.704. The highest BCUT2D eigenvalue weighted by Gasteiger charge is 2.40. The topological polar surface area (TPSA) is 57.6 Å². The molecule has 0 unspecified atom stereocenters. The van der Waals surface area contributed by atoms with Gasteiger partial charge in [-0.2, -0.15) is 0 Å². The zero-order chi connectivity index (χ0) is 10.6. The summed E-state index contributed by atoms with van der Waals surface area (Å²) in [5.74, 6) is -0.704. The fourth-order valence-electron chi connectivity index (χ4n) is 2.11. The molecular weight excluding hydrogens is 182 g/mol. The van der Waals surface area contributed by atoms with Crippen LogP contribution in [0.5, 0.6) is 0 Å². The lowest BCUT2D eigenvalue weighted by Gasteiger charge is -2.37. The van der Waals surface area contributed by atoms with E-state index in [2.05, 4.69) is 0 Å². The van der Waals surface area contributed by atoms with E-state index in [9.17, 15) is 14.7 Å². The van der Waals surface area contributed by atoms with Gasteiger partial charge in [0.2, 0.25) is 6.41 Å². The SMILES string of the molecule is CCCC1(C(=O)O)CCN(C=O)CC1. The first kappa shape index (κ1) is 11.0. The minimum absolute atomic E-state index is 0.575. The largest absolute Gasteiger partial charge is 0.481 e. The van der Waals surface area contributed by atoms with E-state index in [0.717, 1.165) is 19.3 Å². The van der Waals surface area contributed by atoms with Crippen molar-refractivity contribution in [2.45, 2.75) is 32.6 Å². The van der Waals surface area contributed by atoms with Crippen LogP contribution in [0.1, 0.15) is 32.6 Å². The van der Waals surface area contributed by atoms with Crippen molar-refractivity contribution < 1.29 is 14.7 Å². The standard InChI is InChI=1S/C10H17NO3/c1-2-3-10(9(13)14)4-6-11(8-12)7-5-10/h8H,2-7H2,1H3,(H,13,14). The molecule has 80 valence electrons. The first-order valence-corrected chi connectivity index (χ1v) is 5.07. The fourth-order valence-corrected chi connectivity index (χ4v) is 2.11. The number of hydrogen-bond acceptors (Lipinski definition) is 2. The number of hydrogen-bond donors (Lipinski definition) is 1. The summed E-state index contributed by atoms with van der Waals surface area (Å²) in [6, 6.07) is 0. The average molecular weight is 199 g/mol. The van der Waals surface area contributed by atoms with Gasteiger partial charge in [-0.05, 0) is 19.3 Å². The Bertz CT molecular complexity index is 219. The predicted molar refractivity (Wildman–Crippen MR) is 51.8 cm³/mol. The highest BCUT2D eigenvalue weighted by atomic mass is 16.4. The number of carboxylic acids is 1. The molecule has 0 spiro atoms. The molecule has 1 amide bonds. The molecule has 14 heavy (non-hydrogen) atoms. The van der Waals surface area contributed by atoms with Gasteiger partial charge in [-0.15, -0.1) is 0 Å². The molecule has 0 saturated carbocycles. The molecule has 0 bridgehead atoms. The maximum Gasteiger partial charge on any atom is 0.309 e. The van der Waals surface area contributed by atoms with Gasteiger partial charge in [-0.3, -0.25) is 9.59 Å². The Morgan fingerprint density at radius 2 is 2.07 bits per heavy atom. The third kappa shape index (κ3) is 2.05. The Hall–Kier alpha value is -1.06. The first-order chi connectivity index (χ1) is 6.64. The van der Waals surface area contributed by atoms with Crippen LogP contribution in [0.4, 0.5) is 0 Å². The van der Waals surface area contributed by atoms with Crippen molar-refractivity contribution in [2.75, 3.05) is 13.1 Å². The van der Waals surface area contributed by atoms with E-state index in [-0.39, 0.29) is 0 Å². The maximum atomic E-state index is 11.2. The van der Waals surface area contributed by atoms with E-state index in [1.54, 1.807) is 4.90 Å². The predicted octanol–water partition coefficient (Wildman–Crippen LogP) is 1.11. The average Bonchev–Trinajstić information content (AvgIpc) is 2.19. The molecule has 0 aliphatic carbocycles. The van der Waals surface area contributed by atoms with Gasteiger partial charge >= 0.3 is 5.97 Å². The minimum Gasteiger partial charge on any atom is -0.481 e. The van der Waals surface area contributed by atoms with Crippen LogP contribution in [-0.2, 0) is 9.59 Å². The molecule has 0 aromatic carbocycles. The van der Waals surface area contributed by atoms with Crippen LogP contribution >= 0.6 is 0 Å². The van der Waals surface area contributed by atoms with Gasteiger partial charge in [0.15, 0.2) is 0 Å². The molecule has 0 atom stereocenters. The van der Waals surface area contributed by atoms with Gasteiger partial charge in [-0.25, -0.2) is 0 Å². The molecule has 0 aromatic rings. The quantitative estimate of drug-likeness (QED) is 0.690. The second-order valence-corrected chi connectivity index (χ2v) is 3.98. The number of piperidine rings is 1. The van der Waals surface area contributed by atoms with E-state index in [4.69, 9.17) is 0 Å². The Balaban J connectivity index is 2.63. The first-order valence-electron chi connectivity index (χ1n) is 5.07. The molecule has 1 fully saturated rings. The number of carbonyl (C=O) groups is 2. The summed E-state index contributed by atoms with van der Waals surface area (Å²) in [4.78, 5) is 23.3. The summed E-state index contributed by atoms with van der Waals surface area (Å²) in [5, 5.41) is 9.17. The van der Waals surface area contributed by atoms with Gasteiger partial charge in [-0.1, -0.05) is 13.3 Å². The number of amides is 1. The second kappa shape index (κ2) is 4.44. The van der Waals surface area contributed by atoms with Crippen LogP contribution < -0.4 is 0 Å². The third-order valence-electron chi connectivity index (χ3n) is 3.09. The number of rotatable bonds is 4. The second-order valence-electron chi connectivity index (χ2n) is 3.98. The maximum absolute atomic E-state index is 11.2. The lowest BCUT2D eigenvalue weighted by molar-refractivity contribution is -0.153. The summed E-state index contributed by atoms with van der Waals surface area (Å²) in [6.07, 6.45) is 3.59. The van der Waals surface area contributed by atoms with Crippen molar-refractivity contribution in [1.29, 1.82) is 0 Å². The normalized spacial score (nSPS) is 20.5. The molecule has 0 aromatic heterocycles. The molecule has 4 nitrogen and oxygen atoms in total. The van der Waals surface area contributed by atoms with Crippen molar-refractivity contribution in [3.63, 3.8) is 0 Å².